The van der Waals surface area contributed by atoms with E-state index in [1.54, 1.807) is 0 Å². The third-order valence-electron chi connectivity index (χ3n) is 2.56. The molecule has 3 heteroatoms. The smallest absolute Gasteiger partial charge is 0.127 e. The highest BCUT2D eigenvalue weighted by molar-refractivity contribution is 5.42. The predicted octanol–water partition coefficient (Wildman–Crippen LogP) is 2.91. The Hall–Kier alpha value is -0.990. The molecule has 0 aliphatic carbocycles. The van der Waals surface area contributed by atoms with Crippen molar-refractivity contribution in [3.8, 4) is 0 Å². The van der Waals surface area contributed by atoms with E-state index in [0.29, 0.717) is 6.04 Å². The second-order valence-corrected chi connectivity index (χ2v) is 5.33. The number of aryl methyl sites for hydroxylation is 1. The molecule has 0 spiro atoms. The van der Waals surface area contributed by atoms with Crippen molar-refractivity contribution >= 4 is 5.82 Å². The van der Waals surface area contributed by atoms with Crippen LogP contribution < -0.4 is 5.73 Å². The first-order valence-electron chi connectivity index (χ1n) is 5.66. The van der Waals surface area contributed by atoms with Gasteiger partial charge >= 0.3 is 0 Å². The number of nitrogens with zero attached hydrogens (tertiary/aromatic N) is 2. The van der Waals surface area contributed by atoms with Gasteiger partial charge in [-0.15, -0.1) is 0 Å². The van der Waals surface area contributed by atoms with Crippen LogP contribution in [-0.4, -0.2) is 9.55 Å². The maximum atomic E-state index is 6.17. The Kier molecular flexibility index (Phi) is 3.12. The Morgan fingerprint density at radius 3 is 2.13 bits per heavy atom. The predicted molar refractivity (Wildman–Crippen MR) is 65.1 cm³/mol. The van der Waals surface area contributed by atoms with Gasteiger partial charge < -0.3 is 10.3 Å². The van der Waals surface area contributed by atoms with Crippen LogP contribution in [0.1, 0.15) is 59.1 Å². The molecule has 0 aliphatic rings. The van der Waals surface area contributed by atoms with E-state index in [-0.39, 0.29) is 5.41 Å². The Balaban J connectivity index is 3.35. The number of rotatable bonds is 2. The molecular formula is C12H23N3. The molecule has 0 saturated carbocycles. The Morgan fingerprint density at radius 1 is 1.33 bits per heavy atom. The Morgan fingerprint density at radius 2 is 1.87 bits per heavy atom. The number of aromatic nitrogens is 2. The van der Waals surface area contributed by atoms with Crippen molar-refractivity contribution in [3.63, 3.8) is 0 Å². The average molecular weight is 209 g/mol. The third-order valence-corrected chi connectivity index (χ3v) is 2.56. The number of hydrogen-bond donors (Lipinski definition) is 1. The standard InChI is InChI=1S/C12H23N3/c1-7-9-14-10(12(4,5)6)11(13)15(9)8(2)3/h8H,7,13H2,1-6H3. The van der Waals surface area contributed by atoms with Gasteiger partial charge in [0.2, 0.25) is 0 Å². The summed E-state index contributed by atoms with van der Waals surface area (Å²) in [6.45, 7) is 12.8. The molecule has 3 nitrogen and oxygen atoms in total. The van der Waals surface area contributed by atoms with Gasteiger partial charge in [-0.2, -0.15) is 0 Å². The lowest BCUT2D eigenvalue weighted by Gasteiger charge is -2.17. The van der Waals surface area contributed by atoms with E-state index < -0.39 is 0 Å². The van der Waals surface area contributed by atoms with Gasteiger partial charge in [-0.25, -0.2) is 4.98 Å². The number of nitrogens with two attached hydrogens (primary N) is 1. The molecule has 1 aromatic rings. The summed E-state index contributed by atoms with van der Waals surface area (Å²) in [5, 5.41) is 0. The summed E-state index contributed by atoms with van der Waals surface area (Å²) in [6, 6.07) is 0.378. The first kappa shape index (κ1) is 12.1. The summed E-state index contributed by atoms with van der Waals surface area (Å²) in [5.41, 5.74) is 7.21. The van der Waals surface area contributed by atoms with E-state index in [2.05, 4.69) is 51.1 Å². The summed E-state index contributed by atoms with van der Waals surface area (Å²) >= 11 is 0. The summed E-state index contributed by atoms with van der Waals surface area (Å²) < 4.78 is 2.14. The van der Waals surface area contributed by atoms with E-state index in [1.807, 2.05) is 0 Å². The van der Waals surface area contributed by atoms with Crippen molar-refractivity contribution in [2.75, 3.05) is 5.73 Å². The zero-order chi connectivity index (χ0) is 11.8. The van der Waals surface area contributed by atoms with E-state index in [4.69, 9.17) is 5.73 Å². The van der Waals surface area contributed by atoms with Crippen LogP contribution in [0, 0.1) is 0 Å². The van der Waals surface area contributed by atoms with Crippen molar-refractivity contribution in [1.29, 1.82) is 0 Å². The molecule has 0 radical (unpaired) electrons. The van der Waals surface area contributed by atoms with Gasteiger partial charge in [-0.1, -0.05) is 27.7 Å². The van der Waals surface area contributed by atoms with Crippen LogP contribution in [0.25, 0.3) is 0 Å². The maximum absolute atomic E-state index is 6.17. The second-order valence-electron chi connectivity index (χ2n) is 5.33. The number of anilines is 1. The molecule has 1 rings (SSSR count). The highest BCUT2D eigenvalue weighted by Crippen LogP contribution is 2.30. The maximum Gasteiger partial charge on any atom is 0.127 e. The van der Waals surface area contributed by atoms with Crippen LogP contribution >= 0.6 is 0 Å². The monoisotopic (exact) mass is 209 g/mol. The summed E-state index contributed by atoms with van der Waals surface area (Å²) in [7, 11) is 0. The molecule has 0 aromatic carbocycles. The number of nitrogen functional groups attached to an aromatic ring is 1. The molecular weight excluding hydrogens is 186 g/mol. The molecule has 15 heavy (non-hydrogen) atoms. The van der Waals surface area contributed by atoms with Crippen molar-refractivity contribution in [2.24, 2.45) is 0 Å². The van der Waals surface area contributed by atoms with Crippen molar-refractivity contribution in [3.05, 3.63) is 11.5 Å². The highest BCUT2D eigenvalue weighted by atomic mass is 15.2. The van der Waals surface area contributed by atoms with Gasteiger partial charge in [0.1, 0.15) is 11.6 Å². The van der Waals surface area contributed by atoms with Crippen LogP contribution in [0.2, 0.25) is 0 Å². The Bertz CT molecular complexity index is 342. The van der Waals surface area contributed by atoms with Crippen LogP contribution in [0.5, 0.6) is 0 Å². The van der Waals surface area contributed by atoms with Gasteiger partial charge in [-0.3, -0.25) is 0 Å². The Labute approximate surface area is 92.7 Å². The molecule has 0 saturated heterocycles. The summed E-state index contributed by atoms with van der Waals surface area (Å²) in [5.74, 6) is 1.92. The van der Waals surface area contributed by atoms with E-state index in [1.165, 1.54) is 0 Å². The lowest BCUT2D eigenvalue weighted by Crippen LogP contribution is -2.15. The fourth-order valence-corrected chi connectivity index (χ4v) is 1.87. The molecule has 2 N–H and O–H groups in total. The number of hydrogen-bond acceptors (Lipinski definition) is 2. The fourth-order valence-electron chi connectivity index (χ4n) is 1.87. The van der Waals surface area contributed by atoms with Crippen molar-refractivity contribution in [2.45, 2.75) is 59.4 Å². The fraction of sp³-hybridized carbons (Fsp3) is 0.750. The first-order chi connectivity index (χ1) is 6.79. The van der Waals surface area contributed by atoms with Crippen LogP contribution in [0.4, 0.5) is 5.82 Å². The molecule has 0 atom stereocenters. The van der Waals surface area contributed by atoms with Crippen LogP contribution in [0.3, 0.4) is 0 Å². The van der Waals surface area contributed by atoms with Gasteiger partial charge in [0.05, 0.1) is 5.69 Å². The quantitative estimate of drug-likeness (QED) is 0.814. The minimum Gasteiger partial charge on any atom is -0.384 e. The van der Waals surface area contributed by atoms with Crippen LogP contribution in [0.15, 0.2) is 0 Å². The van der Waals surface area contributed by atoms with Crippen molar-refractivity contribution < 1.29 is 0 Å². The molecule has 1 aromatic heterocycles. The molecule has 86 valence electrons. The topological polar surface area (TPSA) is 43.8 Å². The van der Waals surface area contributed by atoms with E-state index >= 15 is 0 Å². The summed E-state index contributed by atoms with van der Waals surface area (Å²) in [6.07, 6.45) is 0.929. The largest absolute Gasteiger partial charge is 0.384 e. The normalized spacial score (nSPS) is 12.5. The molecule has 0 bridgehead atoms. The van der Waals surface area contributed by atoms with E-state index in [0.717, 1.165) is 23.8 Å². The molecule has 1 heterocycles. The third kappa shape index (κ3) is 2.16. The van der Waals surface area contributed by atoms with Gasteiger partial charge in [-0.05, 0) is 13.8 Å². The number of imidazole rings is 1. The SMILES string of the molecule is CCc1nc(C(C)(C)C)c(N)n1C(C)C. The zero-order valence-electron chi connectivity index (χ0n) is 10.8. The van der Waals surface area contributed by atoms with Gasteiger partial charge in [0.15, 0.2) is 0 Å². The van der Waals surface area contributed by atoms with Gasteiger partial charge in [0, 0.05) is 17.9 Å². The zero-order valence-corrected chi connectivity index (χ0v) is 10.8. The van der Waals surface area contributed by atoms with Gasteiger partial charge in [0.25, 0.3) is 0 Å². The lowest BCUT2D eigenvalue weighted by atomic mass is 9.92. The molecule has 0 unspecified atom stereocenters. The molecule has 0 fully saturated rings. The summed E-state index contributed by atoms with van der Waals surface area (Å²) in [4.78, 5) is 4.66. The highest BCUT2D eigenvalue weighted by Gasteiger charge is 2.24. The minimum absolute atomic E-state index is 0.0220. The lowest BCUT2D eigenvalue weighted by molar-refractivity contribution is 0.569. The average Bonchev–Trinajstić information content (AvgIpc) is 2.41. The first-order valence-corrected chi connectivity index (χ1v) is 5.66. The van der Waals surface area contributed by atoms with Crippen LogP contribution in [-0.2, 0) is 11.8 Å². The molecule has 0 aliphatic heterocycles. The second kappa shape index (κ2) is 3.87. The minimum atomic E-state index is 0.0220. The van der Waals surface area contributed by atoms with E-state index in [9.17, 15) is 0 Å². The van der Waals surface area contributed by atoms with Crippen molar-refractivity contribution in [1.82, 2.24) is 9.55 Å². The molecule has 0 amide bonds.